The smallest absolute Gasteiger partial charge is 0.263 e. The van der Waals surface area contributed by atoms with Gasteiger partial charge >= 0.3 is 0 Å². The van der Waals surface area contributed by atoms with Crippen molar-refractivity contribution >= 4 is 17.2 Å². The first-order chi connectivity index (χ1) is 11.6. The van der Waals surface area contributed by atoms with Crippen LogP contribution in [0.15, 0.2) is 24.4 Å². The zero-order valence-corrected chi connectivity index (χ0v) is 14.4. The van der Waals surface area contributed by atoms with E-state index >= 15 is 0 Å². The topological polar surface area (TPSA) is 60.5 Å². The molecule has 0 saturated heterocycles. The summed E-state index contributed by atoms with van der Waals surface area (Å²) in [7, 11) is 0. The van der Waals surface area contributed by atoms with Crippen LogP contribution in [-0.4, -0.2) is 24.2 Å². The van der Waals surface area contributed by atoms with Crippen molar-refractivity contribution in [1.82, 2.24) is 10.3 Å². The lowest BCUT2D eigenvalue weighted by molar-refractivity contribution is 0.0938. The highest BCUT2D eigenvalue weighted by Gasteiger charge is 2.29. The molecule has 1 amide bonds. The Morgan fingerprint density at radius 1 is 1.29 bits per heavy atom. The Labute approximate surface area is 145 Å². The summed E-state index contributed by atoms with van der Waals surface area (Å²) in [6.07, 6.45) is 6.57. The highest BCUT2D eigenvalue weighted by atomic mass is 32.1. The molecule has 1 N–H and O–H groups in total. The molecule has 0 spiro atoms. The van der Waals surface area contributed by atoms with E-state index in [2.05, 4.69) is 17.2 Å². The summed E-state index contributed by atoms with van der Waals surface area (Å²) in [6, 6.07) is 5.72. The molecule has 2 aliphatic rings. The maximum Gasteiger partial charge on any atom is 0.263 e. The molecule has 0 bridgehead atoms. The molecule has 126 valence electrons. The summed E-state index contributed by atoms with van der Waals surface area (Å²) in [4.78, 5) is 17.4. The molecule has 2 aromatic rings. The van der Waals surface area contributed by atoms with Crippen LogP contribution < -0.4 is 14.8 Å². The van der Waals surface area contributed by atoms with E-state index < -0.39 is 0 Å². The molecule has 0 atom stereocenters. The van der Waals surface area contributed by atoms with E-state index in [9.17, 15) is 4.79 Å². The fraction of sp³-hybridized carbons (Fsp3) is 0.444. The molecular weight excluding hydrogens is 324 g/mol. The second kappa shape index (κ2) is 6.09. The van der Waals surface area contributed by atoms with Gasteiger partial charge in [0.25, 0.3) is 5.91 Å². The fourth-order valence-electron chi connectivity index (χ4n) is 3.33. The molecular formula is C18H20N2O3S. The highest BCUT2D eigenvalue weighted by Crippen LogP contribution is 2.38. The van der Waals surface area contributed by atoms with E-state index in [0.29, 0.717) is 4.88 Å². The summed E-state index contributed by atoms with van der Waals surface area (Å²) in [5.41, 5.74) is 1.19. The van der Waals surface area contributed by atoms with Crippen LogP contribution >= 0.6 is 11.3 Å². The predicted octanol–water partition coefficient (Wildman–Crippen LogP) is 3.85. The molecule has 1 aliphatic carbocycles. The molecule has 24 heavy (non-hydrogen) atoms. The van der Waals surface area contributed by atoms with Gasteiger partial charge in [-0.3, -0.25) is 4.79 Å². The molecule has 4 rings (SSSR count). The van der Waals surface area contributed by atoms with Crippen LogP contribution in [0.3, 0.4) is 0 Å². The second-order valence-corrected chi connectivity index (χ2v) is 7.83. The lowest BCUT2D eigenvalue weighted by Gasteiger charge is -2.23. The van der Waals surface area contributed by atoms with Crippen LogP contribution in [0.1, 0.15) is 42.3 Å². The Morgan fingerprint density at radius 2 is 2.08 bits per heavy atom. The zero-order valence-electron chi connectivity index (χ0n) is 13.6. The summed E-state index contributed by atoms with van der Waals surface area (Å²) in [5.74, 6) is 1.44. The molecule has 1 fully saturated rings. The number of carbonyl (C=O) groups is 1. The van der Waals surface area contributed by atoms with Gasteiger partial charge in [-0.25, -0.2) is 4.98 Å². The molecule has 5 nitrogen and oxygen atoms in total. The minimum Gasteiger partial charge on any atom is -0.454 e. The van der Waals surface area contributed by atoms with Crippen LogP contribution in [0, 0.1) is 5.41 Å². The van der Waals surface area contributed by atoms with Crippen LogP contribution in [0.4, 0.5) is 0 Å². The molecule has 0 radical (unpaired) electrons. The van der Waals surface area contributed by atoms with E-state index in [1.807, 2.05) is 18.2 Å². The third-order valence-electron chi connectivity index (χ3n) is 4.84. The van der Waals surface area contributed by atoms with Crippen LogP contribution in [0.25, 0.3) is 10.6 Å². The molecule has 6 heteroatoms. The summed E-state index contributed by atoms with van der Waals surface area (Å²) >= 11 is 1.40. The van der Waals surface area contributed by atoms with Crippen LogP contribution in [-0.2, 0) is 0 Å². The van der Waals surface area contributed by atoms with Crippen molar-refractivity contribution in [3.8, 4) is 22.1 Å². The number of carbonyl (C=O) groups excluding carboxylic acids is 1. The third kappa shape index (κ3) is 2.98. The van der Waals surface area contributed by atoms with Gasteiger partial charge in [0.1, 0.15) is 9.88 Å². The Kier molecular flexibility index (Phi) is 3.92. The van der Waals surface area contributed by atoms with Crippen molar-refractivity contribution in [1.29, 1.82) is 0 Å². The number of nitrogens with one attached hydrogen (secondary N) is 1. The minimum absolute atomic E-state index is 0.0346. The number of thiazole rings is 1. The maximum absolute atomic E-state index is 12.4. The number of nitrogens with zero attached hydrogens (tertiary/aromatic N) is 1. The lowest BCUT2D eigenvalue weighted by Crippen LogP contribution is -2.33. The number of benzene rings is 1. The number of fused-ring (bicyclic) bond motifs is 1. The van der Waals surface area contributed by atoms with Gasteiger partial charge in [-0.2, -0.15) is 0 Å². The summed E-state index contributed by atoms with van der Waals surface area (Å²) in [5, 5.41) is 3.89. The molecule has 1 aromatic carbocycles. The average molecular weight is 344 g/mol. The molecule has 1 aliphatic heterocycles. The van der Waals surface area contributed by atoms with Gasteiger partial charge in [0, 0.05) is 12.1 Å². The van der Waals surface area contributed by atoms with Gasteiger partial charge in [0.15, 0.2) is 11.5 Å². The fourth-order valence-corrected chi connectivity index (χ4v) is 4.16. The van der Waals surface area contributed by atoms with Crippen molar-refractivity contribution in [3.63, 3.8) is 0 Å². The molecule has 0 unspecified atom stereocenters. The monoisotopic (exact) mass is 344 g/mol. The largest absolute Gasteiger partial charge is 0.454 e. The number of rotatable bonds is 4. The number of amides is 1. The summed E-state index contributed by atoms with van der Waals surface area (Å²) < 4.78 is 10.7. The van der Waals surface area contributed by atoms with Gasteiger partial charge in [0.05, 0.1) is 6.20 Å². The van der Waals surface area contributed by atoms with Crippen LogP contribution in [0.5, 0.6) is 11.5 Å². The zero-order chi connectivity index (χ0) is 16.6. The first kappa shape index (κ1) is 15.4. The Hall–Kier alpha value is -2.08. The van der Waals surface area contributed by atoms with E-state index in [0.717, 1.165) is 28.6 Å². The third-order valence-corrected chi connectivity index (χ3v) is 5.88. The van der Waals surface area contributed by atoms with E-state index in [1.165, 1.54) is 37.0 Å². The van der Waals surface area contributed by atoms with Crippen LogP contribution in [0.2, 0.25) is 0 Å². The molecule has 2 heterocycles. The van der Waals surface area contributed by atoms with Crippen molar-refractivity contribution < 1.29 is 14.3 Å². The second-order valence-electron chi connectivity index (χ2n) is 6.80. The lowest BCUT2D eigenvalue weighted by atomic mass is 9.89. The Morgan fingerprint density at radius 3 is 2.92 bits per heavy atom. The quantitative estimate of drug-likeness (QED) is 0.915. The highest BCUT2D eigenvalue weighted by molar-refractivity contribution is 7.16. The van der Waals surface area contributed by atoms with Gasteiger partial charge in [-0.1, -0.05) is 19.8 Å². The number of hydrogen-bond acceptors (Lipinski definition) is 5. The predicted molar refractivity (Wildman–Crippen MR) is 92.6 cm³/mol. The molecule has 1 aromatic heterocycles. The maximum atomic E-state index is 12.4. The number of aromatic nitrogens is 1. The van der Waals surface area contributed by atoms with E-state index in [4.69, 9.17) is 9.47 Å². The number of ether oxygens (including phenoxy) is 2. The van der Waals surface area contributed by atoms with Crippen molar-refractivity contribution in [3.05, 3.63) is 29.3 Å². The minimum atomic E-state index is -0.0346. The summed E-state index contributed by atoms with van der Waals surface area (Å²) in [6.45, 7) is 3.25. The van der Waals surface area contributed by atoms with Crippen molar-refractivity contribution in [2.45, 2.75) is 32.6 Å². The SMILES string of the molecule is CC1(CNC(=O)c2cnc(-c3ccc4c(c3)OCO4)s2)CCCC1. The average Bonchev–Trinajstić information content (AvgIpc) is 3.32. The van der Waals surface area contributed by atoms with Gasteiger partial charge < -0.3 is 14.8 Å². The normalized spacial score (nSPS) is 17.9. The Bertz CT molecular complexity index is 765. The standard InChI is InChI=1S/C18H20N2O3S/c1-18(6-2-3-7-18)10-20-16(21)15-9-19-17(24-15)12-4-5-13-14(8-12)23-11-22-13/h4-5,8-9H,2-3,6-7,10-11H2,1H3,(H,20,21). The number of hydrogen-bond donors (Lipinski definition) is 1. The van der Waals surface area contributed by atoms with E-state index in [-0.39, 0.29) is 18.1 Å². The van der Waals surface area contributed by atoms with Gasteiger partial charge in [-0.05, 0) is 36.5 Å². The first-order valence-electron chi connectivity index (χ1n) is 8.27. The van der Waals surface area contributed by atoms with Gasteiger partial charge in [0.2, 0.25) is 6.79 Å². The van der Waals surface area contributed by atoms with Crippen molar-refractivity contribution in [2.24, 2.45) is 5.41 Å². The van der Waals surface area contributed by atoms with Crippen molar-refractivity contribution in [2.75, 3.05) is 13.3 Å². The van der Waals surface area contributed by atoms with Gasteiger partial charge in [-0.15, -0.1) is 11.3 Å². The Balaban J connectivity index is 1.45. The van der Waals surface area contributed by atoms with E-state index in [1.54, 1.807) is 6.20 Å². The first-order valence-corrected chi connectivity index (χ1v) is 9.09. The molecule has 1 saturated carbocycles.